The van der Waals surface area contributed by atoms with Crippen LogP contribution in [0.25, 0.3) is 0 Å². The van der Waals surface area contributed by atoms with Crippen LogP contribution in [0.2, 0.25) is 0 Å². The maximum atomic E-state index is 11.6. The van der Waals surface area contributed by atoms with Gasteiger partial charge in [-0.25, -0.2) is 0 Å². The molecule has 0 radical (unpaired) electrons. The van der Waals surface area contributed by atoms with E-state index in [-0.39, 0.29) is 24.1 Å². The molecule has 0 heterocycles. The number of amides is 1. The lowest BCUT2D eigenvalue weighted by Gasteiger charge is -2.11. The van der Waals surface area contributed by atoms with Crippen LogP contribution in [0.5, 0.6) is 0 Å². The first-order valence-electron chi connectivity index (χ1n) is 4.90. The van der Waals surface area contributed by atoms with Crippen molar-refractivity contribution in [2.75, 3.05) is 11.9 Å². The Morgan fingerprint density at radius 2 is 2.29 bits per heavy atom. The van der Waals surface area contributed by atoms with Gasteiger partial charge in [0.15, 0.2) is 0 Å². The van der Waals surface area contributed by atoms with E-state index in [9.17, 15) is 14.9 Å². The molecule has 1 rings (SSSR count). The fraction of sp³-hybridized carbons (Fsp3) is 0.300. The van der Waals surface area contributed by atoms with Gasteiger partial charge in [-0.05, 0) is 22.0 Å². The molecule has 1 aromatic rings. The molecule has 0 saturated heterocycles. The second-order valence-electron chi connectivity index (χ2n) is 3.55. The van der Waals surface area contributed by atoms with Gasteiger partial charge < -0.3 is 11.1 Å². The van der Waals surface area contributed by atoms with E-state index in [1.54, 1.807) is 6.92 Å². The molecule has 0 bridgehead atoms. The maximum absolute atomic E-state index is 11.6. The molecular formula is C10H12BrN3O3. The van der Waals surface area contributed by atoms with E-state index in [1.807, 2.05) is 0 Å². The summed E-state index contributed by atoms with van der Waals surface area (Å²) in [5.74, 6) is -0.616. The number of hydrogen-bond donors (Lipinski definition) is 2. The van der Waals surface area contributed by atoms with Gasteiger partial charge >= 0.3 is 0 Å². The number of nitro benzene ring substituents is 1. The first-order valence-corrected chi connectivity index (χ1v) is 5.70. The molecule has 17 heavy (non-hydrogen) atoms. The van der Waals surface area contributed by atoms with E-state index < -0.39 is 4.92 Å². The summed E-state index contributed by atoms with van der Waals surface area (Å²) in [6.07, 6.45) is 0. The van der Waals surface area contributed by atoms with Gasteiger partial charge in [0.1, 0.15) is 0 Å². The maximum Gasteiger partial charge on any atom is 0.271 e. The van der Waals surface area contributed by atoms with Crippen molar-refractivity contribution >= 4 is 33.2 Å². The zero-order chi connectivity index (χ0) is 13.0. The number of nitrogens with zero attached hydrogens (tertiary/aromatic N) is 1. The molecule has 0 aliphatic carbocycles. The number of halogens is 1. The van der Waals surface area contributed by atoms with Crippen LogP contribution in [0, 0.1) is 16.0 Å². The number of anilines is 1. The molecule has 0 aromatic heterocycles. The van der Waals surface area contributed by atoms with Gasteiger partial charge in [-0.2, -0.15) is 0 Å². The van der Waals surface area contributed by atoms with Crippen molar-refractivity contribution in [2.45, 2.75) is 6.92 Å². The number of benzene rings is 1. The summed E-state index contributed by atoms with van der Waals surface area (Å²) in [5, 5.41) is 13.2. The highest BCUT2D eigenvalue weighted by Gasteiger charge is 2.15. The topological polar surface area (TPSA) is 98.3 Å². The zero-order valence-electron chi connectivity index (χ0n) is 9.14. The first kappa shape index (κ1) is 13.6. The zero-order valence-corrected chi connectivity index (χ0v) is 10.7. The Labute approximate surface area is 106 Å². The molecule has 1 aromatic carbocycles. The molecule has 1 atom stereocenters. The summed E-state index contributed by atoms with van der Waals surface area (Å²) in [6.45, 7) is 1.90. The van der Waals surface area contributed by atoms with Gasteiger partial charge in [-0.15, -0.1) is 0 Å². The number of carbonyl (C=O) groups excluding carboxylic acids is 1. The van der Waals surface area contributed by atoms with Crippen LogP contribution in [0.4, 0.5) is 11.4 Å². The van der Waals surface area contributed by atoms with E-state index in [1.165, 1.54) is 18.2 Å². The van der Waals surface area contributed by atoms with E-state index in [0.29, 0.717) is 10.2 Å². The average molecular weight is 302 g/mol. The quantitative estimate of drug-likeness (QED) is 0.655. The van der Waals surface area contributed by atoms with E-state index in [2.05, 4.69) is 21.2 Å². The number of carbonyl (C=O) groups is 1. The highest BCUT2D eigenvalue weighted by Crippen LogP contribution is 2.27. The summed E-state index contributed by atoms with van der Waals surface area (Å²) in [6, 6.07) is 4.16. The van der Waals surface area contributed by atoms with Crippen LogP contribution in [-0.4, -0.2) is 17.4 Å². The van der Waals surface area contributed by atoms with Crippen molar-refractivity contribution < 1.29 is 9.72 Å². The normalized spacial score (nSPS) is 11.9. The summed E-state index contributed by atoms with van der Waals surface area (Å²) < 4.78 is 0.584. The highest BCUT2D eigenvalue weighted by atomic mass is 79.9. The molecule has 0 spiro atoms. The van der Waals surface area contributed by atoms with Gasteiger partial charge in [-0.3, -0.25) is 14.9 Å². The highest BCUT2D eigenvalue weighted by molar-refractivity contribution is 9.10. The van der Waals surface area contributed by atoms with Gasteiger partial charge in [-0.1, -0.05) is 6.92 Å². The molecule has 0 aliphatic rings. The van der Waals surface area contributed by atoms with Crippen LogP contribution >= 0.6 is 15.9 Å². The molecule has 0 saturated carbocycles. The third kappa shape index (κ3) is 3.50. The summed E-state index contributed by atoms with van der Waals surface area (Å²) in [5.41, 5.74) is 5.65. The number of nitro groups is 1. The smallest absolute Gasteiger partial charge is 0.271 e. The summed E-state index contributed by atoms with van der Waals surface area (Å²) in [7, 11) is 0. The number of rotatable bonds is 4. The SMILES string of the molecule is CC(CN)C(=O)Nc1cc([N+](=O)[O-])ccc1Br. The van der Waals surface area contributed by atoms with E-state index >= 15 is 0 Å². The van der Waals surface area contributed by atoms with Crippen LogP contribution in [0.1, 0.15) is 6.92 Å². The van der Waals surface area contributed by atoms with Crippen molar-refractivity contribution in [3.63, 3.8) is 0 Å². The fourth-order valence-corrected chi connectivity index (χ4v) is 1.43. The number of nitrogens with one attached hydrogen (secondary N) is 1. The lowest BCUT2D eigenvalue weighted by atomic mass is 10.1. The molecule has 0 aliphatic heterocycles. The Hall–Kier alpha value is -1.47. The average Bonchev–Trinajstić information content (AvgIpc) is 2.30. The Bertz CT molecular complexity index is 450. The summed E-state index contributed by atoms with van der Waals surface area (Å²) in [4.78, 5) is 21.7. The number of nitrogens with two attached hydrogens (primary N) is 1. The van der Waals surface area contributed by atoms with E-state index in [4.69, 9.17) is 5.73 Å². The van der Waals surface area contributed by atoms with Crippen molar-refractivity contribution in [1.29, 1.82) is 0 Å². The number of hydrogen-bond acceptors (Lipinski definition) is 4. The van der Waals surface area contributed by atoms with Crippen LogP contribution in [0.3, 0.4) is 0 Å². The van der Waals surface area contributed by atoms with Crippen LogP contribution < -0.4 is 11.1 Å². The predicted octanol–water partition coefficient (Wildman–Crippen LogP) is 1.89. The molecule has 7 heteroatoms. The molecule has 92 valence electrons. The fourth-order valence-electron chi connectivity index (χ4n) is 1.09. The third-order valence-electron chi connectivity index (χ3n) is 2.22. The predicted molar refractivity (Wildman–Crippen MR) is 67.6 cm³/mol. The molecule has 0 fully saturated rings. The molecule has 1 amide bonds. The van der Waals surface area contributed by atoms with Gasteiger partial charge in [0.25, 0.3) is 5.69 Å². The first-order chi connectivity index (χ1) is 7.95. The van der Waals surface area contributed by atoms with Gasteiger partial charge in [0, 0.05) is 29.1 Å². The molecule has 3 N–H and O–H groups in total. The second-order valence-corrected chi connectivity index (χ2v) is 4.40. The van der Waals surface area contributed by atoms with Crippen molar-refractivity contribution in [1.82, 2.24) is 0 Å². The standard InChI is InChI=1S/C10H12BrN3O3/c1-6(5-12)10(15)13-9-4-7(14(16)17)2-3-8(9)11/h2-4,6H,5,12H2,1H3,(H,13,15). The van der Waals surface area contributed by atoms with E-state index in [0.717, 1.165) is 0 Å². The Morgan fingerprint density at radius 3 is 2.82 bits per heavy atom. The van der Waals surface area contributed by atoms with Gasteiger partial charge in [0.05, 0.1) is 10.6 Å². The van der Waals surface area contributed by atoms with Crippen molar-refractivity contribution in [3.8, 4) is 0 Å². The second kappa shape index (κ2) is 5.74. The lowest BCUT2D eigenvalue weighted by molar-refractivity contribution is -0.384. The Balaban J connectivity index is 2.94. The minimum atomic E-state index is -0.519. The Kier molecular flexibility index (Phi) is 4.59. The van der Waals surface area contributed by atoms with Crippen LogP contribution in [0.15, 0.2) is 22.7 Å². The summed E-state index contributed by atoms with van der Waals surface area (Å²) >= 11 is 3.21. The van der Waals surface area contributed by atoms with Gasteiger partial charge in [0.2, 0.25) is 5.91 Å². The third-order valence-corrected chi connectivity index (χ3v) is 2.91. The monoisotopic (exact) mass is 301 g/mol. The van der Waals surface area contributed by atoms with Crippen molar-refractivity contribution in [2.24, 2.45) is 11.7 Å². The molecule has 6 nitrogen and oxygen atoms in total. The minimum Gasteiger partial charge on any atom is -0.330 e. The molecule has 1 unspecified atom stereocenters. The molecular weight excluding hydrogens is 290 g/mol. The lowest BCUT2D eigenvalue weighted by Crippen LogP contribution is -2.26. The van der Waals surface area contributed by atoms with Crippen molar-refractivity contribution in [3.05, 3.63) is 32.8 Å². The van der Waals surface area contributed by atoms with Crippen LogP contribution in [-0.2, 0) is 4.79 Å². The number of non-ortho nitro benzene ring substituents is 1. The minimum absolute atomic E-state index is 0.0797. The largest absolute Gasteiger partial charge is 0.330 e. The Morgan fingerprint density at radius 1 is 1.65 bits per heavy atom.